The molecule has 0 aliphatic rings. The van der Waals surface area contributed by atoms with E-state index in [1.165, 1.54) is 18.2 Å². The Labute approximate surface area is 137 Å². The summed E-state index contributed by atoms with van der Waals surface area (Å²) in [5.74, 6) is -2.04. The Morgan fingerprint density at radius 3 is 2.68 bits per heavy atom. The smallest absolute Gasteiger partial charge is 0.308 e. The van der Waals surface area contributed by atoms with Crippen LogP contribution in [0.15, 0.2) is 22.7 Å². The standard InChI is InChI=1S/C15H19BrFNO4/c1-3-4-10(15(20)21)8-18-14(19)9(2)22-13-6-5-11(17)7-12(13)16/h5-7,9-10H,3-4,8H2,1-2H3,(H,18,19)(H,20,21). The molecule has 0 aliphatic carbocycles. The van der Waals surface area contributed by atoms with E-state index < -0.39 is 29.7 Å². The largest absolute Gasteiger partial charge is 0.481 e. The third-order valence-electron chi connectivity index (χ3n) is 3.08. The highest BCUT2D eigenvalue weighted by Crippen LogP contribution is 2.26. The van der Waals surface area contributed by atoms with Gasteiger partial charge in [0.15, 0.2) is 6.10 Å². The van der Waals surface area contributed by atoms with Crippen LogP contribution in [0.1, 0.15) is 26.7 Å². The Bertz CT molecular complexity index is 538. The number of carbonyl (C=O) groups excluding carboxylic acids is 1. The second kappa shape index (κ2) is 8.73. The highest BCUT2D eigenvalue weighted by molar-refractivity contribution is 9.10. The van der Waals surface area contributed by atoms with Gasteiger partial charge in [-0.25, -0.2) is 4.39 Å². The van der Waals surface area contributed by atoms with Gasteiger partial charge in [-0.05, 0) is 47.5 Å². The van der Waals surface area contributed by atoms with E-state index in [1.54, 1.807) is 6.92 Å². The van der Waals surface area contributed by atoms with Crippen LogP contribution in [0.3, 0.4) is 0 Å². The number of hydrogen-bond donors (Lipinski definition) is 2. The van der Waals surface area contributed by atoms with Gasteiger partial charge < -0.3 is 15.2 Å². The number of benzene rings is 1. The van der Waals surface area contributed by atoms with Gasteiger partial charge in [0.2, 0.25) is 0 Å². The maximum absolute atomic E-state index is 13.0. The predicted molar refractivity (Wildman–Crippen MR) is 83.2 cm³/mol. The first kappa shape index (κ1) is 18.4. The third kappa shape index (κ3) is 5.63. The van der Waals surface area contributed by atoms with Crippen LogP contribution in [-0.4, -0.2) is 29.6 Å². The zero-order valence-corrected chi connectivity index (χ0v) is 14.0. The molecule has 0 bridgehead atoms. The fourth-order valence-corrected chi connectivity index (χ4v) is 2.29. The van der Waals surface area contributed by atoms with Crippen LogP contribution in [0.2, 0.25) is 0 Å². The summed E-state index contributed by atoms with van der Waals surface area (Å²) in [5, 5.41) is 11.6. The number of amides is 1. The van der Waals surface area contributed by atoms with Crippen molar-refractivity contribution < 1.29 is 23.8 Å². The molecule has 0 radical (unpaired) electrons. The Kier molecular flexibility index (Phi) is 7.31. The molecule has 1 aromatic rings. The van der Waals surface area contributed by atoms with Gasteiger partial charge in [-0.15, -0.1) is 0 Å². The third-order valence-corrected chi connectivity index (χ3v) is 3.70. The van der Waals surface area contributed by atoms with E-state index in [4.69, 9.17) is 9.84 Å². The monoisotopic (exact) mass is 375 g/mol. The Morgan fingerprint density at radius 2 is 2.14 bits per heavy atom. The molecule has 0 fully saturated rings. The van der Waals surface area contributed by atoms with Crippen LogP contribution in [0.4, 0.5) is 4.39 Å². The van der Waals surface area contributed by atoms with Crippen LogP contribution < -0.4 is 10.1 Å². The van der Waals surface area contributed by atoms with Gasteiger partial charge in [0.1, 0.15) is 11.6 Å². The molecule has 0 aliphatic heterocycles. The molecule has 0 spiro atoms. The van der Waals surface area contributed by atoms with E-state index in [2.05, 4.69) is 21.2 Å². The van der Waals surface area contributed by atoms with Crippen molar-refractivity contribution in [3.63, 3.8) is 0 Å². The van der Waals surface area contributed by atoms with Gasteiger partial charge in [0, 0.05) is 6.54 Å². The molecule has 0 saturated carbocycles. The molecule has 0 saturated heterocycles. The number of carboxylic acid groups (broad SMARTS) is 1. The van der Waals surface area contributed by atoms with Crippen LogP contribution in [-0.2, 0) is 9.59 Å². The minimum atomic E-state index is -0.933. The van der Waals surface area contributed by atoms with Crippen molar-refractivity contribution in [3.05, 3.63) is 28.5 Å². The second-order valence-electron chi connectivity index (χ2n) is 4.90. The molecule has 22 heavy (non-hydrogen) atoms. The average molecular weight is 376 g/mol. The minimum Gasteiger partial charge on any atom is -0.481 e. The number of halogens is 2. The van der Waals surface area contributed by atoms with Crippen molar-refractivity contribution >= 4 is 27.8 Å². The van der Waals surface area contributed by atoms with Gasteiger partial charge in [-0.1, -0.05) is 13.3 Å². The molecule has 2 N–H and O–H groups in total. The summed E-state index contributed by atoms with van der Waals surface area (Å²) < 4.78 is 18.8. The van der Waals surface area contributed by atoms with Crippen LogP contribution >= 0.6 is 15.9 Å². The molecule has 2 atom stereocenters. The summed E-state index contributed by atoms with van der Waals surface area (Å²) in [5.41, 5.74) is 0. The van der Waals surface area contributed by atoms with Gasteiger partial charge in [-0.3, -0.25) is 9.59 Å². The molecule has 0 heterocycles. The Hall–Kier alpha value is -1.63. The first-order valence-electron chi connectivity index (χ1n) is 6.97. The summed E-state index contributed by atoms with van der Waals surface area (Å²) in [4.78, 5) is 23.0. The lowest BCUT2D eigenvalue weighted by Crippen LogP contribution is -2.40. The number of carboxylic acids is 1. The lowest BCUT2D eigenvalue weighted by Gasteiger charge is -2.17. The number of aliphatic carboxylic acids is 1. The summed E-state index contributed by atoms with van der Waals surface area (Å²) in [6.07, 6.45) is 0.397. The Balaban J connectivity index is 2.56. The van der Waals surface area contributed by atoms with Gasteiger partial charge in [0.25, 0.3) is 5.91 Å². The first-order valence-corrected chi connectivity index (χ1v) is 7.76. The Morgan fingerprint density at radius 1 is 1.45 bits per heavy atom. The van der Waals surface area contributed by atoms with E-state index in [0.29, 0.717) is 16.6 Å². The number of rotatable bonds is 8. The predicted octanol–water partition coefficient (Wildman–Crippen LogP) is 2.97. The summed E-state index contributed by atoms with van der Waals surface area (Å²) >= 11 is 3.15. The molecule has 0 aromatic heterocycles. The summed E-state index contributed by atoms with van der Waals surface area (Å²) in [6.45, 7) is 3.48. The summed E-state index contributed by atoms with van der Waals surface area (Å²) in [7, 11) is 0. The zero-order chi connectivity index (χ0) is 16.7. The molecule has 5 nitrogen and oxygen atoms in total. The van der Waals surface area contributed by atoms with Crippen LogP contribution in [0.5, 0.6) is 5.75 Å². The zero-order valence-electron chi connectivity index (χ0n) is 12.4. The molecule has 1 rings (SSSR count). The van der Waals surface area contributed by atoms with E-state index in [0.717, 1.165) is 6.42 Å². The number of carbonyl (C=O) groups is 2. The lowest BCUT2D eigenvalue weighted by atomic mass is 10.0. The maximum atomic E-state index is 13.0. The number of hydrogen-bond acceptors (Lipinski definition) is 3. The molecule has 1 amide bonds. The highest BCUT2D eigenvalue weighted by Gasteiger charge is 2.21. The average Bonchev–Trinajstić information content (AvgIpc) is 2.45. The lowest BCUT2D eigenvalue weighted by molar-refractivity contribution is -0.142. The molecule has 1 aromatic carbocycles. The van der Waals surface area contributed by atoms with Gasteiger partial charge in [0.05, 0.1) is 10.4 Å². The second-order valence-corrected chi connectivity index (χ2v) is 5.76. The molecule has 2 unspecified atom stereocenters. The van der Waals surface area contributed by atoms with Crippen LogP contribution in [0, 0.1) is 11.7 Å². The van der Waals surface area contributed by atoms with E-state index in [9.17, 15) is 14.0 Å². The normalized spacial score (nSPS) is 13.3. The van der Waals surface area contributed by atoms with Crippen molar-refractivity contribution in [1.82, 2.24) is 5.32 Å². The van der Waals surface area contributed by atoms with Gasteiger partial charge in [-0.2, -0.15) is 0 Å². The van der Waals surface area contributed by atoms with Crippen molar-refractivity contribution in [2.45, 2.75) is 32.8 Å². The fourth-order valence-electron chi connectivity index (χ4n) is 1.84. The van der Waals surface area contributed by atoms with E-state index >= 15 is 0 Å². The molecular weight excluding hydrogens is 357 g/mol. The van der Waals surface area contributed by atoms with E-state index in [-0.39, 0.29) is 6.54 Å². The number of nitrogens with one attached hydrogen (secondary N) is 1. The van der Waals surface area contributed by atoms with Crippen molar-refractivity contribution in [2.24, 2.45) is 5.92 Å². The fraction of sp³-hybridized carbons (Fsp3) is 0.467. The summed E-state index contributed by atoms with van der Waals surface area (Å²) in [6, 6.07) is 3.88. The maximum Gasteiger partial charge on any atom is 0.308 e. The van der Waals surface area contributed by atoms with Crippen molar-refractivity contribution in [3.8, 4) is 5.75 Å². The van der Waals surface area contributed by atoms with Crippen LogP contribution in [0.25, 0.3) is 0 Å². The molecule has 122 valence electrons. The van der Waals surface area contributed by atoms with Gasteiger partial charge >= 0.3 is 5.97 Å². The first-order chi connectivity index (χ1) is 10.3. The topological polar surface area (TPSA) is 75.6 Å². The van der Waals surface area contributed by atoms with E-state index in [1.807, 2.05) is 6.92 Å². The molecule has 7 heteroatoms. The van der Waals surface area contributed by atoms with Crippen molar-refractivity contribution in [2.75, 3.05) is 6.54 Å². The SMILES string of the molecule is CCCC(CNC(=O)C(C)Oc1ccc(F)cc1Br)C(=O)O. The molecular formula is C15H19BrFNO4. The van der Waals surface area contributed by atoms with Crippen molar-refractivity contribution in [1.29, 1.82) is 0 Å². The highest BCUT2D eigenvalue weighted by atomic mass is 79.9. The number of ether oxygens (including phenoxy) is 1. The minimum absolute atomic E-state index is 0.0558. The quantitative estimate of drug-likeness (QED) is 0.732.